The average Bonchev–Trinajstić information content (AvgIpc) is 2.34. The maximum absolute atomic E-state index is 11.6. The summed E-state index contributed by atoms with van der Waals surface area (Å²) in [6, 6.07) is 1.54. The van der Waals surface area contributed by atoms with E-state index in [0.29, 0.717) is 23.6 Å². The highest BCUT2D eigenvalue weighted by molar-refractivity contribution is 6.33. The van der Waals surface area contributed by atoms with Gasteiger partial charge in [-0.25, -0.2) is 0 Å². The van der Waals surface area contributed by atoms with Crippen LogP contribution >= 0.6 is 11.6 Å². The van der Waals surface area contributed by atoms with Crippen LogP contribution in [-0.4, -0.2) is 30.5 Å². The van der Waals surface area contributed by atoms with E-state index < -0.39 is 0 Å². The molecule has 1 aromatic heterocycles. The van der Waals surface area contributed by atoms with Crippen molar-refractivity contribution in [2.45, 2.75) is 12.8 Å². The Morgan fingerprint density at radius 3 is 2.94 bits per heavy atom. The van der Waals surface area contributed by atoms with Gasteiger partial charge in [-0.3, -0.25) is 14.6 Å². The van der Waals surface area contributed by atoms with E-state index in [4.69, 9.17) is 11.6 Å². The van der Waals surface area contributed by atoms with Crippen LogP contribution in [0.3, 0.4) is 0 Å². The molecule has 1 aromatic rings. The number of nitrogens with one attached hydrogen (secondary N) is 1. The largest absolute Gasteiger partial charge is 0.469 e. The number of pyridine rings is 1. The molecular formula is C11H13ClN2O3. The van der Waals surface area contributed by atoms with Gasteiger partial charge >= 0.3 is 5.97 Å². The first-order chi connectivity index (χ1) is 8.15. The van der Waals surface area contributed by atoms with E-state index >= 15 is 0 Å². The Labute approximate surface area is 104 Å². The molecule has 1 N–H and O–H groups in total. The lowest BCUT2D eigenvalue weighted by molar-refractivity contribution is -0.140. The van der Waals surface area contributed by atoms with Crippen molar-refractivity contribution in [1.29, 1.82) is 0 Å². The lowest BCUT2D eigenvalue weighted by Crippen LogP contribution is -2.25. The van der Waals surface area contributed by atoms with Crippen LogP contribution in [0.4, 0.5) is 0 Å². The summed E-state index contributed by atoms with van der Waals surface area (Å²) >= 11 is 5.81. The number of hydrogen-bond donors (Lipinski definition) is 1. The lowest BCUT2D eigenvalue weighted by atomic mass is 10.2. The highest BCUT2D eigenvalue weighted by Crippen LogP contribution is 2.12. The molecular weight excluding hydrogens is 244 g/mol. The Morgan fingerprint density at radius 2 is 2.29 bits per heavy atom. The standard InChI is InChI=1S/C11H13ClN2O3/c1-17-10(15)3-2-5-14-11(16)8-4-6-13-7-9(8)12/h4,6-7H,2-3,5H2,1H3,(H,14,16). The number of rotatable bonds is 5. The zero-order chi connectivity index (χ0) is 12.7. The van der Waals surface area contributed by atoms with Crippen molar-refractivity contribution in [3.8, 4) is 0 Å². The van der Waals surface area contributed by atoms with Crippen LogP contribution in [-0.2, 0) is 9.53 Å². The molecule has 1 rings (SSSR count). The van der Waals surface area contributed by atoms with Crippen LogP contribution in [0.15, 0.2) is 18.5 Å². The van der Waals surface area contributed by atoms with Crippen molar-refractivity contribution >= 4 is 23.5 Å². The third kappa shape index (κ3) is 4.40. The summed E-state index contributed by atoms with van der Waals surface area (Å²) < 4.78 is 4.48. The molecule has 1 heterocycles. The van der Waals surface area contributed by atoms with Gasteiger partial charge in [-0.1, -0.05) is 11.6 Å². The van der Waals surface area contributed by atoms with Crippen LogP contribution in [0.5, 0.6) is 0 Å². The van der Waals surface area contributed by atoms with E-state index in [1.165, 1.54) is 25.6 Å². The fourth-order valence-corrected chi connectivity index (χ4v) is 1.40. The second-order valence-electron chi connectivity index (χ2n) is 3.29. The summed E-state index contributed by atoms with van der Waals surface area (Å²) in [5.74, 6) is -0.566. The van der Waals surface area contributed by atoms with E-state index in [2.05, 4.69) is 15.0 Å². The number of ether oxygens (including phenoxy) is 1. The van der Waals surface area contributed by atoms with Gasteiger partial charge in [-0.15, -0.1) is 0 Å². The third-order valence-corrected chi connectivity index (χ3v) is 2.39. The minimum atomic E-state index is -0.291. The van der Waals surface area contributed by atoms with Crippen LogP contribution < -0.4 is 5.32 Å². The molecule has 0 saturated heterocycles. The fourth-order valence-electron chi connectivity index (χ4n) is 1.19. The highest BCUT2D eigenvalue weighted by atomic mass is 35.5. The Hall–Kier alpha value is -1.62. The number of amides is 1. The van der Waals surface area contributed by atoms with E-state index in [9.17, 15) is 9.59 Å². The first-order valence-corrected chi connectivity index (χ1v) is 5.47. The Bertz CT molecular complexity index is 409. The maximum Gasteiger partial charge on any atom is 0.305 e. The molecule has 0 aromatic carbocycles. The fraction of sp³-hybridized carbons (Fsp3) is 0.364. The number of aromatic nitrogens is 1. The van der Waals surface area contributed by atoms with Gasteiger partial charge in [-0.05, 0) is 12.5 Å². The summed E-state index contributed by atoms with van der Waals surface area (Å²) in [4.78, 5) is 26.2. The first-order valence-electron chi connectivity index (χ1n) is 5.09. The summed E-state index contributed by atoms with van der Waals surface area (Å²) in [6.07, 6.45) is 3.71. The van der Waals surface area contributed by atoms with E-state index in [0.717, 1.165) is 0 Å². The second kappa shape index (κ2) is 6.85. The number of halogens is 1. The Morgan fingerprint density at radius 1 is 1.53 bits per heavy atom. The van der Waals surface area contributed by atoms with E-state index in [-0.39, 0.29) is 18.3 Å². The molecule has 0 unspecified atom stereocenters. The van der Waals surface area contributed by atoms with Gasteiger partial charge in [-0.2, -0.15) is 0 Å². The average molecular weight is 257 g/mol. The molecule has 0 saturated carbocycles. The van der Waals surface area contributed by atoms with E-state index in [1.807, 2.05) is 0 Å². The monoisotopic (exact) mass is 256 g/mol. The lowest BCUT2D eigenvalue weighted by Gasteiger charge is -2.05. The van der Waals surface area contributed by atoms with Crippen molar-refractivity contribution in [1.82, 2.24) is 10.3 Å². The minimum Gasteiger partial charge on any atom is -0.469 e. The second-order valence-corrected chi connectivity index (χ2v) is 3.70. The molecule has 0 fully saturated rings. The number of carbonyl (C=O) groups excluding carboxylic acids is 2. The molecule has 6 heteroatoms. The van der Waals surface area contributed by atoms with E-state index in [1.54, 1.807) is 0 Å². The molecule has 0 aliphatic heterocycles. The molecule has 92 valence electrons. The first kappa shape index (κ1) is 13.4. The van der Waals surface area contributed by atoms with Gasteiger partial charge in [0, 0.05) is 25.4 Å². The van der Waals surface area contributed by atoms with Crippen LogP contribution in [0.25, 0.3) is 0 Å². The van der Waals surface area contributed by atoms with Gasteiger partial charge in [0.05, 0.1) is 17.7 Å². The topological polar surface area (TPSA) is 68.3 Å². The Balaban J connectivity index is 2.36. The molecule has 0 atom stereocenters. The smallest absolute Gasteiger partial charge is 0.305 e. The van der Waals surface area contributed by atoms with Crippen molar-refractivity contribution < 1.29 is 14.3 Å². The molecule has 0 bridgehead atoms. The number of carbonyl (C=O) groups is 2. The summed E-state index contributed by atoms with van der Waals surface area (Å²) in [5, 5.41) is 2.96. The van der Waals surface area contributed by atoms with Gasteiger partial charge in [0.1, 0.15) is 0 Å². The highest BCUT2D eigenvalue weighted by Gasteiger charge is 2.09. The van der Waals surface area contributed by atoms with Gasteiger partial charge in [0.25, 0.3) is 5.91 Å². The number of hydrogen-bond acceptors (Lipinski definition) is 4. The SMILES string of the molecule is COC(=O)CCCNC(=O)c1ccncc1Cl. The molecule has 17 heavy (non-hydrogen) atoms. The van der Waals surface area contributed by atoms with Crippen LogP contribution in [0, 0.1) is 0 Å². The normalized spacial score (nSPS) is 9.76. The molecule has 1 amide bonds. The Kier molecular flexibility index (Phi) is 5.42. The van der Waals surface area contributed by atoms with Crippen LogP contribution in [0.1, 0.15) is 23.2 Å². The number of nitrogens with zero attached hydrogens (tertiary/aromatic N) is 1. The molecule has 0 aliphatic carbocycles. The van der Waals surface area contributed by atoms with Gasteiger partial charge in [0.2, 0.25) is 0 Å². The van der Waals surface area contributed by atoms with Crippen molar-refractivity contribution in [2.24, 2.45) is 0 Å². The van der Waals surface area contributed by atoms with Crippen LogP contribution in [0.2, 0.25) is 5.02 Å². The molecule has 0 spiro atoms. The predicted octanol–water partition coefficient (Wildman–Crippen LogP) is 1.42. The van der Waals surface area contributed by atoms with Gasteiger partial charge < -0.3 is 10.1 Å². The quantitative estimate of drug-likeness (QED) is 0.639. The van der Waals surface area contributed by atoms with Crippen molar-refractivity contribution in [3.05, 3.63) is 29.0 Å². The molecule has 5 nitrogen and oxygen atoms in total. The third-order valence-electron chi connectivity index (χ3n) is 2.09. The minimum absolute atomic E-state index is 0.276. The summed E-state index contributed by atoms with van der Waals surface area (Å²) in [6.45, 7) is 0.395. The summed E-state index contributed by atoms with van der Waals surface area (Å²) in [5.41, 5.74) is 0.375. The predicted molar refractivity (Wildman–Crippen MR) is 62.8 cm³/mol. The number of esters is 1. The van der Waals surface area contributed by atoms with Crippen molar-refractivity contribution in [2.75, 3.05) is 13.7 Å². The zero-order valence-corrected chi connectivity index (χ0v) is 10.2. The summed E-state index contributed by atoms with van der Waals surface area (Å²) in [7, 11) is 1.33. The molecule has 0 radical (unpaired) electrons. The van der Waals surface area contributed by atoms with Crippen molar-refractivity contribution in [3.63, 3.8) is 0 Å². The number of methoxy groups -OCH3 is 1. The molecule has 0 aliphatic rings. The maximum atomic E-state index is 11.6. The zero-order valence-electron chi connectivity index (χ0n) is 9.40. The van der Waals surface area contributed by atoms with Gasteiger partial charge in [0.15, 0.2) is 0 Å².